The predicted molar refractivity (Wildman–Crippen MR) is 109 cm³/mol. The number of rotatable bonds is 3. The van der Waals surface area contributed by atoms with Gasteiger partial charge in [-0.3, -0.25) is 4.79 Å². The molecule has 1 aromatic carbocycles. The lowest BCUT2D eigenvalue weighted by atomic mass is 9.84. The molecular weight excluding hydrogens is 334 g/mol. The third-order valence-corrected chi connectivity index (χ3v) is 5.76. The third kappa shape index (κ3) is 3.80. The predicted octanol–water partition coefficient (Wildman–Crippen LogP) is 4.62. The Morgan fingerprint density at radius 3 is 2.70 bits per heavy atom. The van der Waals surface area contributed by atoms with Crippen LogP contribution in [0.3, 0.4) is 0 Å². The van der Waals surface area contributed by atoms with Gasteiger partial charge in [0.25, 0.3) is 0 Å². The molecule has 1 fully saturated rings. The molecule has 27 heavy (non-hydrogen) atoms. The maximum atomic E-state index is 12.8. The van der Waals surface area contributed by atoms with E-state index in [2.05, 4.69) is 36.1 Å². The largest absolute Gasteiger partial charge is 0.338 e. The summed E-state index contributed by atoms with van der Waals surface area (Å²) in [6.45, 7) is 5.20. The van der Waals surface area contributed by atoms with Gasteiger partial charge in [-0.15, -0.1) is 0 Å². The van der Waals surface area contributed by atoms with Crippen LogP contribution >= 0.6 is 0 Å². The summed E-state index contributed by atoms with van der Waals surface area (Å²) in [7, 11) is 0. The molecular formula is C23H27N3O. The molecule has 0 amide bonds. The zero-order valence-electron chi connectivity index (χ0n) is 16.2. The first-order chi connectivity index (χ1) is 13.1. The molecule has 0 unspecified atom stereocenters. The highest BCUT2D eigenvalue weighted by atomic mass is 16.1. The standard InChI is InChI=1S/C23H27N3O/c1-16-8-6-7-13-26(16)23-24-17(2)22-20(25-23)14-19(15-21(22)27)12-11-18-9-4-3-5-10-18/h3-5,9-12,16,19H,6-8,13-15H2,1-2H3/b12-11+/t16-,19+/m0/s1. The molecule has 1 saturated heterocycles. The molecule has 2 aromatic rings. The van der Waals surface area contributed by atoms with Gasteiger partial charge in [0.2, 0.25) is 5.95 Å². The number of aromatic nitrogens is 2. The van der Waals surface area contributed by atoms with E-state index >= 15 is 0 Å². The van der Waals surface area contributed by atoms with Gasteiger partial charge in [-0.05, 0) is 51.0 Å². The minimum absolute atomic E-state index is 0.176. The van der Waals surface area contributed by atoms with E-state index in [1.165, 1.54) is 19.3 Å². The van der Waals surface area contributed by atoms with Crippen molar-refractivity contribution < 1.29 is 4.79 Å². The monoisotopic (exact) mass is 361 g/mol. The van der Waals surface area contributed by atoms with Crippen molar-refractivity contribution in [3.63, 3.8) is 0 Å². The first-order valence-corrected chi connectivity index (χ1v) is 10.0. The molecule has 0 saturated carbocycles. The molecule has 0 radical (unpaired) electrons. The van der Waals surface area contributed by atoms with Crippen molar-refractivity contribution in [3.05, 3.63) is 58.9 Å². The second kappa shape index (κ2) is 7.63. The second-order valence-corrected chi connectivity index (χ2v) is 7.83. The number of carbonyl (C=O) groups is 1. The molecule has 4 heteroatoms. The highest BCUT2D eigenvalue weighted by molar-refractivity contribution is 5.99. The Kier molecular flexibility index (Phi) is 5.06. The van der Waals surface area contributed by atoms with Gasteiger partial charge in [0.15, 0.2) is 5.78 Å². The minimum Gasteiger partial charge on any atom is -0.338 e. The van der Waals surface area contributed by atoms with E-state index in [9.17, 15) is 4.79 Å². The Hall–Kier alpha value is -2.49. The van der Waals surface area contributed by atoms with E-state index in [0.717, 1.165) is 41.4 Å². The van der Waals surface area contributed by atoms with Crippen LogP contribution in [0.25, 0.3) is 6.08 Å². The molecule has 1 aliphatic carbocycles. The van der Waals surface area contributed by atoms with E-state index < -0.39 is 0 Å². The Balaban J connectivity index is 1.60. The zero-order chi connectivity index (χ0) is 18.8. The van der Waals surface area contributed by atoms with Crippen molar-refractivity contribution in [2.75, 3.05) is 11.4 Å². The molecule has 4 rings (SSSR count). The number of anilines is 1. The van der Waals surface area contributed by atoms with Crippen LogP contribution in [0, 0.1) is 12.8 Å². The number of hydrogen-bond donors (Lipinski definition) is 0. The van der Waals surface area contributed by atoms with Gasteiger partial charge in [0, 0.05) is 19.0 Å². The summed E-state index contributed by atoms with van der Waals surface area (Å²) in [6, 6.07) is 10.7. The highest BCUT2D eigenvalue weighted by Crippen LogP contribution is 2.30. The summed E-state index contributed by atoms with van der Waals surface area (Å²) in [4.78, 5) is 24.6. The molecule has 4 nitrogen and oxygen atoms in total. The topological polar surface area (TPSA) is 46.1 Å². The van der Waals surface area contributed by atoms with Crippen LogP contribution < -0.4 is 4.90 Å². The fourth-order valence-corrected chi connectivity index (χ4v) is 4.26. The van der Waals surface area contributed by atoms with Gasteiger partial charge in [-0.25, -0.2) is 9.97 Å². The maximum Gasteiger partial charge on any atom is 0.226 e. The fraction of sp³-hybridized carbons (Fsp3) is 0.435. The van der Waals surface area contributed by atoms with E-state index in [-0.39, 0.29) is 11.7 Å². The highest BCUT2D eigenvalue weighted by Gasteiger charge is 2.29. The lowest BCUT2D eigenvalue weighted by Gasteiger charge is -2.34. The van der Waals surface area contributed by atoms with Gasteiger partial charge in [-0.1, -0.05) is 42.5 Å². The normalized spacial score (nSPS) is 22.9. The summed E-state index contributed by atoms with van der Waals surface area (Å²) in [5, 5.41) is 0. The number of carbonyl (C=O) groups excluding carboxylic acids is 1. The Labute approximate surface area is 161 Å². The SMILES string of the molecule is Cc1nc(N2CCCC[C@@H]2C)nc2c1C(=O)C[C@H](/C=C/c1ccccc1)C2. The van der Waals surface area contributed by atoms with E-state index in [0.29, 0.717) is 12.5 Å². The summed E-state index contributed by atoms with van der Waals surface area (Å²) >= 11 is 0. The summed E-state index contributed by atoms with van der Waals surface area (Å²) in [5.74, 6) is 1.18. The Morgan fingerprint density at radius 2 is 1.93 bits per heavy atom. The smallest absolute Gasteiger partial charge is 0.226 e. The average Bonchev–Trinajstić information content (AvgIpc) is 2.67. The second-order valence-electron chi connectivity index (χ2n) is 7.83. The number of aryl methyl sites for hydroxylation is 1. The molecule has 2 aliphatic rings. The first-order valence-electron chi connectivity index (χ1n) is 10.0. The quantitative estimate of drug-likeness (QED) is 0.800. The molecule has 1 aromatic heterocycles. The van der Waals surface area contributed by atoms with Crippen molar-refractivity contribution >= 4 is 17.8 Å². The maximum absolute atomic E-state index is 12.8. The summed E-state index contributed by atoms with van der Waals surface area (Å²) in [6.07, 6.45) is 9.27. The van der Waals surface area contributed by atoms with Crippen LogP contribution in [0.4, 0.5) is 5.95 Å². The Bertz CT molecular complexity index is 859. The van der Waals surface area contributed by atoms with Crippen molar-refractivity contribution in [2.45, 2.75) is 52.0 Å². The fourth-order valence-electron chi connectivity index (χ4n) is 4.26. The van der Waals surface area contributed by atoms with E-state index in [1.807, 2.05) is 25.1 Å². The number of benzene rings is 1. The van der Waals surface area contributed by atoms with Crippen molar-refractivity contribution in [1.29, 1.82) is 0 Å². The Morgan fingerprint density at radius 1 is 1.11 bits per heavy atom. The molecule has 0 N–H and O–H groups in total. The minimum atomic E-state index is 0.176. The van der Waals surface area contributed by atoms with Crippen molar-refractivity contribution in [3.8, 4) is 0 Å². The number of piperidine rings is 1. The first kappa shape index (κ1) is 17.9. The van der Waals surface area contributed by atoms with Crippen LogP contribution in [0.15, 0.2) is 36.4 Å². The van der Waals surface area contributed by atoms with E-state index in [1.54, 1.807) is 0 Å². The molecule has 1 aliphatic heterocycles. The molecule has 2 heterocycles. The average molecular weight is 361 g/mol. The van der Waals surface area contributed by atoms with Gasteiger partial charge in [0.1, 0.15) is 0 Å². The zero-order valence-corrected chi connectivity index (χ0v) is 16.2. The number of nitrogens with zero attached hydrogens (tertiary/aromatic N) is 3. The van der Waals surface area contributed by atoms with Crippen LogP contribution in [-0.4, -0.2) is 28.3 Å². The van der Waals surface area contributed by atoms with Crippen LogP contribution in [-0.2, 0) is 6.42 Å². The lowest BCUT2D eigenvalue weighted by Crippen LogP contribution is -2.39. The third-order valence-electron chi connectivity index (χ3n) is 5.76. The van der Waals surface area contributed by atoms with Gasteiger partial charge < -0.3 is 4.90 Å². The van der Waals surface area contributed by atoms with Crippen molar-refractivity contribution in [1.82, 2.24) is 9.97 Å². The van der Waals surface area contributed by atoms with E-state index in [4.69, 9.17) is 9.97 Å². The van der Waals surface area contributed by atoms with Gasteiger partial charge in [-0.2, -0.15) is 0 Å². The summed E-state index contributed by atoms with van der Waals surface area (Å²) < 4.78 is 0. The number of ketones is 1. The molecule has 0 spiro atoms. The summed E-state index contributed by atoms with van der Waals surface area (Å²) in [5.41, 5.74) is 3.68. The van der Waals surface area contributed by atoms with Gasteiger partial charge >= 0.3 is 0 Å². The van der Waals surface area contributed by atoms with Gasteiger partial charge in [0.05, 0.1) is 17.0 Å². The molecule has 140 valence electrons. The lowest BCUT2D eigenvalue weighted by molar-refractivity contribution is 0.0956. The molecule has 2 atom stereocenters. The van der Waals surface area contributed by atoms with Crippen LogP contribution in [0.2, 0.25) is 0 Å². The number of Topliss-reactive ketones (excluding diaryl/α,β-unsaturated/α-hetero) is 1. The molecule has 0 bridgehead atoms. The van der Waals surface area contributed by atoms with Crippen molar-refractivity contribution in [2.24, 2.45) is 5.92 Å². The number of hydrogen-bond acceptors (Lipinski definition) is 4. The van der Waals surface area contributed by atoms with Crippen LogP contribution in [0.5, 0.6) is 0 Å². The number of fused-ring (bicyclic) bond motifs is 1. The van der Waals surface area contributed by atoms with Crippen LogP contribution in [0.1, 0.15) is 59.9 Å². The number of allylic oxidation sites excluding steroid dienone is 1.